The summed E-state index contributed by atoms with van der Waals surface area (Å²) in [5, 5.41) is 8.06. The molecule has 0 fully saturated rings. The van der Waals surface area contributed by atoms with Crippen molar-refractivity contribution in [3.05, 3.63) is 29.0 Å². The Hall–Kier alpha value is -1.36. The largest absolute Gasteiger partial charge is 0.369 e. The maximum absolute atomic E-state index is 4.65. The van der Waals surface area contributed by atoms with Crippen LogP contribution in [0.1, 0.15) is 6.92 Å². The molecule has 0 bridgehead atoms. The second-order valence-corrected chi connectivity index (χ2v) is 5.21. The molecule has 2 aromatic rings. The van der Waals surface area contributed by atoms with Crippen LogP contribution in [0.4, 0.5) is 5.82 Å². The van der Waals surface area contributed by atoms with Crippen molar-refractivity contribution < 1.29 is 0 Å². The van der Waals surface area contributed by atoms with Crippen molar-refractivity contribution in [1.82, 2.24) is 14.8 Å². The van der Waals surface area contributed by atoms with Crippen LogP contribution in [-0.2, 0) is 6.54 Å². The highest BCUT2D eigenvalue weighted by Crippen LogP contribution is 2.35. The zero-order chi connectivity index (χ0) is 11.8. The fraction of sp³-hybridized carbons (Fsp3) is 0.333. The molecule has 0 aromatic carbocycles. The minimum Gasteiger partial charge on any atom is -0.369 e. The van der Waals surface area contributed by atoms with Gasteiger partial charge >= 0.3 is 0 Å². The summed E-state index contributed by atoms with van der Waals surface area (Å²) in [6.45, 7) is 4.18. The first-order valence-electron chi connectivity index (χ1n) is 5.66. The first kappa shape index (κ1) is 10.8. The molecule has 1 unspecified atom stereocenters. The van der Waals surface area contributed by atoms with Gasteiger partial charge in [-0.1, -0.05) is 6.92 Å². The number of hydrogen-bond donors (Lipinski definition) is 1. The van der Waals surface area contributed by atoms with E-state index in [-0.39, 0.29) is 0 Å². The molecule has 0 saturated heterocycles. The highest BCUT2D eigenvalue weighted by Gasteiger charge is 2.22. The highest BCUT2D eigenvalue weighted by atomic mass is 79.9. The van der Waals surface area contributed by atoms with Crippen molar-refractivity contribution in [2.24, 2.45) is 5.92 Å². The molecular formula is C12H13BrN4. The number of anilines is 1. The summed E-state index contributed by atoms with van der Waals surface area (Å²) in [5.41, 5.74) is 2.06. The van der Waals surface area contributed by atoms with E-state index in [0.29, 0.717) is 5.92 Å². The van der Waals surface area contributed by atoms with Gasteiger partial charge < -0.3 is 5.32 Å². The molecule has 0 amide bonds. The first-order chi connectivity index (χ1) is 8.25. The summed E-state index contributed by atoms with van der Waals surface area (Å²) in [4.78, 5) is 4.03. The van der Waals surface area contributed by atoms with E-state index >= 15 is 0 Å². The normalized spacial score (nSPS) is 18.6. The van der Waals surface area contributed by atoms with Gasteiger partial charge in [0.15, 0.2) is 0 Å². The van der Waals surface area contributed by atoms with Gasteiger partial charge in [0.1, 0.15) is 11.5 Å². The topological polar surface area (TPSA) is 42.7 Å². The summed E-state index contributed by atoms with van der Waals surface area (Å²) >= 11 is 3.63. The van der Waals surface area contributed by atoms with E-state index in [9.17, 15) is 0 Å². The van der Waals surface area contributed by atoms with Crippen LogP contribution < -0.4 is 5.32 Å². The Morgan fingerprint density at radius 2 is 2.18 bits per heavy atom. The number of aromatic nitrogens is 3. The molecular weight excluding hydrogens is 280 g/mol. The Balaban J connectivity index is 2.08. The zero-order valence-corrected chi connectivity index (χ0v) is 11.1. The van der Waals surface area contributed by atoms with E-state index in [1.807, 2.05) is 16.8 Å². The van der Waals surface area contributed by atoms with Gasteiger partial charge in [-0.2, -0.15) is 5.10 Å². The SMILES string of the molecule is CC1CNc2c(Br)c(-c3ccncc3)nn2C1. The molecule has 1 atom stereocenters. The summed E-state index contributed by atoms with van der Waals surface area (Å²) in [6.07, 6.45) is 3.58. The molecule has 1 N–H and O–H groups in total. The molecule has 2 aromatic heterocycles. The lowest BCUT2D eigenvalue weighted by molar-refractivity contribution is 0.445. The van der Waals surface area contributed by atoms with Gasteiger partial charge in [-0.3, -0.25) is 4.98 Å². The van der Waals surface area contributed by atoms with E-state index in [1.165, 1.54) is 0 Å². The third-order valence-corrected chi connectivity index (χ3v) is 3.70. The number of fused-ring (bicyclic) bond motifs is 1. The summed E-state index contributed by atoms with van der Waals surface area (Å²) < 4.78 is 3.07. The van der Waals surface area contributed by atoms with E-state index in [0.717, 1.165) is 34.6 Å². The lowest BCUT2D eigenvalue weighted by Crippen LogP contribution is -2.25. The van der Waals surface area contributed by atoms with Crippen molar-refractivity contribution >= 4 is 21.7 Å². The molecule has 3 rings (SSSR count). The van der Waals surface area contributed by atoms with Gasteiger partial charge in [-0.05, 0) is 34.0 Å². The number of pyridine rings is 1. The predicted octanol–water partition coefficient (Wildman–Crippen LogP) is 2.77. The molecule has 1 aliphatic heterocycles. The van der Waals surface area contributed by atoms with Crippen molar-refractivity contribution in [2.45, 2.75) is 13.5 Å². The molecule has 0 aliphatic carbocycles. The van der Waals surface area contributed by atoms with Gasteiger partial charge in [-0.15, -0.1) is 0 Å². The van der Waals surface area contributed by atoms with Gasteiger partial charge in [0.25, 0.3) is 0 Å². The number of hydrogen-bond acceptors (Lipinski definition) is 3. The third-order valence-electron chi connectivity index (χ3n) is 2.95. The van der Waals surface area contributed by atoms with E-state index in [1.54, 1.807) is 12.4 Å². The Bertz CT molecular complexity index is 535. The minimum absolute atomic E-state index is 0.611. The fourth-order valence-electron chi connectivity index (χ4n) is 2.07. The van der Waals surface area contributed by atoms with E-state index < -0.39 is 0 Å². The molecule has 0 radical (unpaired) electrons. The molecule has 0 spiro atoms. The van der Waals surface area contributed by atoms with Crippen molar-refractivity contribution in [1.29, 1.82) is 0 Å². The third kappa shape index (κ3) is 1.84. The van der Waals surface area contributed by atoms with Crippen LogP contribution in [0.2, 0.25) is 0 Å². The van der Waals surface area contributed by atoms with Gasteiger partial charge in [0.2, 0.25) is 0 Å². The minimum atomic E-state index is 0.611. The molecule has 0 saturated carbocycles. The second kappa shape index (κ2) is 4.14. The number of nitrogens with zero attached hydrogens (tertiary/aromatic N) is 3. The zero-order valence-electron chi connectivity index (χ0n) is 9.52. The summed E-state index contributed by atoms with van der Waals surface area (Å²) in [5.74, 6) is 1.69. The number of halogens is 1. The van der Waals surface area contributed by atoms with Gasteiger partial charge in [0, 0.05) is 31.0 Å². The van der Waals surface area contributed by atoms with Crippen LogP contribution in [0.15, 0.2) is 29.0 Å². The molecule has 3 heterocycles. The Morgan fingerprint density at radius 1 is 1.41 bits per heavy atom. The van der Waals surface area contributed by atoms with Crippen molar-refractivity contribution in [3.8, 4) is 11.3 Å². The molecule has 88 valence electrons. The fourth-order valence-corrected chi connectivity index (χ4v) is 2.72. The summed E-state index contributed by atoms with van der Waals surface area (Å²) in [6, 6.07) is 3.95. The molecule has 4 nitrogen and oxygen atoms in total. The van der Waals surface area contributed by atoms with Gasteiger partial charge in [0.05, 0.1) is 4.47 Å². The van der Waals surface area contributed by atoms with Crippen LogP contribution in [0.5, 0.6) is 0 Å². The van der Waals surface area contributed by atoms with Gasteiger partial charge in [-0.25, -0.2) is 4.68 Å². The average molecular weight is 293 g/mol. The maximum atomic E-state index is 4.65. The average Bonchev–Trinajstić information content (AvgIpc) is 2.67. The highest BCUT2D eigenvalue weighted by molar-refractivity contribution is 9.10. The number of nitrogens with one attached hydrogen (secondary N) is 1. The van der Waals surface area contributed by atoms with Crippen LogP contribution >= 0.6 is 15.9 Å². The maximum Gasteiger partial charge on any atom is 0.139 e. The lowest BCUT2D eigenvalue weighted by atomic mass is 10.1. The molecule has 5 heteroatoms. The molecule has 1 aliphatic rings. The standard InChI is InChI=1S/C12H13BrN4/c1-8-6-15-12-10(13)11(16-17(12)7-8)9-2-4-14-5-3-9/h2-5,8,15H,6-7H2,1H3. The smallest absolute Gasteiger partial charge is 0.139 e. The Kier molecular flexibility index (Phi) is 2.63. The van der Waals surface area contributed by atoms with E-state index in [4.69, 9.17) is 0 Å². The second-order valence-electron chi connectivity index (χ2n) is 4.42. The lowest BCUT2D eigenvalue weighted by Gasteiger charge is -2.21. The van der Waals surface area contributed by atoms with E-state index in [2.05, 4.69) is 38.3 Å². The van der Waals surface area contributed by atoms with Crippen LogP contribution in [-0.4, -0.2) is 21.3 Å². The van der Waals surface area contributed by atoms with Crippen LogP contribution in [0, 0.1) is 5.92 Å². The van der Waals surface area contributed by atoms with Crippen molar-refractivity contribution in [3.63, 3.8) is 0 Å². The Morgan fingerprint density at radius 3 is 2.94 bits per heavy atom. The van der Waals surface area contributed by atoms with Crippen molar-refractivity contribution in [2.75, 3.05) is 11.9 Å². The quantitative estimate of drug-likeness (QED) is 0.879. The predicted molar refractivity (Wildman–Crippen MR) is 70.8 cm³/mol. The molecule has 17 heavy (non-hydrogen) atoms. The monoisotopic (exact) mass is 292 g/mol. The van der Waals surface area contributed by atoms with Crippen LogP contribution in [0.25, 0.3) is 11.3 Å². The number of rotatable bonds is 1. The first-order valence-corrected chi connectivity index (χ1v) is 6.45. The summed E-state index contributed by atoms with van der Waals surface area (Å²) in [7, 11) is 0. The van der Waals surface area contributed by atoms with Crippen LogP contribution in [0.3, 0.4) is 0 Å². The Labute approximate surface area is 108 Å².